The molecule has 0 bridgehead atoms. The summed E-state index contributed by atoms with van der Waals surface area (Å²) in [6, 6.07) is 11.3. The van der Waals surface area contributed by atoms with Gasteiger partial charge in [0.1, 0.15) is 10.6 Å². The minimum absolute atomic E-state index is 0.0749. The van der Waals surface area contributed by atoms with Gasteiger partial charge in [-0.05, 0) is 48.9 Å². The highest BCUT2D eigenvalue weighted by atomic mass is 32.2. The van der Waals surface area contributed by atoms with Gasteiger partial charge in [0.25, 0.3) is 10.0 Å². The van der Waals surface area contributed by atoms with Crippen LogP contribution in [0.5, 0.6) is 5.75 Å². The molecule has 0 saturated heterocycles. The molecule has 122 valence electrons. The number of carbonyl (C=O) groups excluding carboxylic acids is 1. The molecule has 0 radical (unpaired) electrons. The monoisotopic (exact) mass is 334 g/mol. The van der Waals surface area contributed by atoms with Crippen molar-refractivity contribution in [3.63, 3.8) is 0 Å². The average Bonchev–Trinajstić information content (AvgIpc) is 2.48. The Hall–Kier alpha value is -2.54. The number of hydrogen-bond donors (Lipinski definition) is 2. The van der Waals surface area contributed by atoms with Crippen molar-refractivity contribution in [2.24, 2.45) is 0 Å². The van der Waals surface area contributed by atoms with Crippen molar-refractivity contribution in [1.29, 1.82) is 0 Å². The highest BCUT2D eigenvalue weighted by molar-refractivity contribution is 7.92. The van der Waals surface area contributed by atoms with E-state index in [0.717, 1.165) is 5.56 Å². The molecule has 0 aliphatic carbocycles. The largest absolute Gasteiger partial charge is 0.495 e. The average molecular weight is 334 g/mol. The normalized spacial score (nSPS) is 10.9. The predicted molar refractivity (Wildman–Crippen MR) is 89.3 cm³/mol. The zero-order chi connectivity index (χ0) is 17.0. The second kappa shape index (κ2) is 6.70. The first kappa shape index (κ1) is 16.8. The molecule has 0 aliphatic heterocycles. The van der Waals surface area contributed by atoms with Crippen LogP contribution in [0.3, 0.4) is 0 Å². The van der Waals surface area contributed by atoms with Crippen molar-refractivity contribution in [2.45, 2.75) is 18.7 Å². The SMILES string of the molecule is COc1ccc(C)cc1S(=O)(=O)Nc1ccc(NC(C)=O)cc1. The summed E-state index contributed by atoms with van der Waals surface area (Å²) in [4.78, 5) is 11.1. The van der Waals surface area contributed by atoms with Gasteiger partial charge in [0.15, 0.2) is 0 Å². The molecule has 2 aromatic carbocycles. The van der Waals surface area contributed by atoms with E-state index in [1.807, 2.05) is 0 Å². The molecule has 6 nitrogen and oxygen atoms in total. The minimum atomic E-state index is -3.78. The molecule has 0 spiro atoms. The third-order valence-electron chi connectivity index (χ3n) is 3.07. The van der Waals surface area contributed by atoms with Crippen LogP contribution in [-0.4, -0.2) is 21.4 Å². The van der Waals surface area contributed by atoms with Crippen molar-refractivity contribution in [3.8, 4) is 5.75 Å². The van der Waals surface area contributed by atoms with E-state index in [0.29, 0.717) is 11.4 Å². The van der Waals surface area contributed by atoms with E-state index >= 15 is 0 Å². The molecule has 1 amide bonds. The number of methoxy groups -OCH3 is 1. The van der Waals surface area contributed by atoms with Crippen molar-refractivity contribution < 1.29 is 17.9 Å². The van der Waals surface area contributed by atoms with Gasteiger partial charge >= 0.3 is 0 Å². The van der Waals surface area contributed by atoms with Crippen LogP contribution in [0.15, 0.2) is 47.4 Å². The Bertz CT molecular complexity index is 814. The van der Waals surface area contributed by atoms with Gasteiger partial charge in [-0.15, -0.1) is 0 Å². The van der Waals surface area contributed by atoms with E-state index in [2.05, 4.69) is 10.0 Å². The second-order valence-corrected chi connectivity index (χ2v) is 6.67. The Morgan fingerprint density at radius 2 is 1.65 bits per heavy atom. The molecule has 2 rings (SSSR count). The first-order chi connectivity index (χ1) is 10.8. The summed E-state index contributed by atoms with van der Waals surface area (Å²) in [7, 11) is -2.35. The fourth-order valence-corrected chi connectivity index (χ4v) is 3.34. The standard InChI is InChI=1S/C16H18N2O4S/c1-11-4-9-15(22-3)16(10-11)23(20,21)18-14-7-5-13(6-8-14)17-12(2)19/h4-10,18H,1-3H3,(H,17,19). The number of ether oxygens (including phenoxy) is 1. The molecule has 0 atom stereocenters. The van der Waals surface area contributed by atoms with Gasteiger partial charge < -0.3 is 10.1 Å². The lowest BCUT2D eigenvalue weighted by Gasteiger charge is -2.12. The maximum atomic E-state index is 12.5. The van der Waals surface area contributed by atoms with Crippen molar-refractivity contribution in [2.75, 3.05) is 17.1 Å². The van der Waals surface area contributed by atoms with Crippen LogP contribution < -0.4 is 14.8 Å². The van der Waals surface area contributed by atoms with Crippen molar-refractivity contribution >= 4 is 27.3 Å². The number of hydrogen-bond acceptors (Lipinski definition) is 4. The van der Waals surface area contributed by atoms with Crippen LogP contribution in [0, 0.1) is 6.92 Å². The number of benzene rings is 2. The second-order valence-electron chi connectivity index (χ2n) is 5.02. The molecule has 0 fully saturated rings. The van der Waals surface area contributed by atoms with Crippen molar-refractivity contribution in [3.05, 3.63) is 48.0 Å². The molecule has 0 heterocycles. The first-order valence-corrected chi connectivity index (χ1v) is 8.35. The Kier molecular flexibility index (Phi) is 4.90. The summed E-state index contributed by atoms with van der Waals surface area (Å²) in [6.45, 7) is 3.21. The van der Waals surface area contributed by atoms with Gasteiger partial charge in [-0.25, -0.2) is 8.42 Å². The molecule has 0 saturated carbocycles. The third-order valence-corrected chi connectivity index (χ3v) is 4.47. The van der Waals surface area contributed by atoms with Crippen LogP contribution in [0.2, 0.25) is 0 Å². The van der Waals surface area contributed by atoms with Crippen LogP contribution in [-0.2, 0) is 14.8 Å². The van der Waals surface area contributed by atoms with Crippen LogP contribution in [0.1, 0.15) is 12.5 Å². The van der Waals surface area contributed by atoms with Gasteiger partial charge in [-0.2, -0.15) is 0 Å². The number of sulfonamides is 1. The van der Waals surface area contributed by atoms with Gasteiger partial charge in [0, 0.05) is 18.3 Å². The highest BCUT2D eigenvalue weighted by Gasteiger charge is 2.19. The molecule has 23 heavy (non-hydrogen) atoms. The van der Waals surface area contributed by atoms with Gasteiger partial charge in [0.2, 0.25) is 5.91 Å². The molecular weight excluding hydrogens is 316 g/mol. The topological polar surface area (TPSA) is 84.5 Å². The predicted octanol–water partition coefficient (Wildman–Crippen LogP) is 2.76. The Labute approximate surface area is 135 Å². The summed E-state index contributed by atoms with van der Waals surface area (Å²) in [5, 5.41) is 2.62. The number of amides is 1. The van der Waals surface area contributed by atoms with Crippen LogP contribution >= 0.6 is 0 Å². The van der Waals surface area contributed by atoms with Crippen molar-refractivity contribution in [1.82, 2.24) is 0 Å². The Balaban J connectivity index is 2.28. The lowest BCUT2D eigenvalue weighted by molar-refractivity contribution is -0.114. The smallest absolute Gasteiger partial charge is 0.265 e. The number of anilines is 2. The quantitative estimate of drug-likeness (QED) is 0.880. The maximum Gasteiger partial charge on any atom is 0.265 e. The summed E-state index contributed by atoms with van der Waals surface area (Å²) in [5.41, 5.74) is 1.79. The summed E-state index contributed by atoms with van der Waals surface area (Å²) in [5.74, 6) is 0.0841. The zero-order valence-corrected chi connectivity index (χ0v) is 13.9. The third kappa shape index (κ3) is 4.23. The fourth-order valence-electron chi connectivity index (χ4n) is 2.03. The van der Waals surface area contributed by atoms with Crippen LogP contribution in [0.25, 0.3) is 0 Å². The number of aryl methyl sites for hydroxylation is 1. The molecule has 0 aliphatic rings. The molecule has 0 unspecified atom stereocenters. The molecule has 0 aromatic heterocycles. The van der Waals surface area contributed by atoms with E-state index in [4.69, 9.17) is 4.74 Å². The Morgan fingerprint density at radius 3 is 2.22 bits per heavy atom. The van der Waals surface area contributed by atoms with Gasteiger partial charge in [-0.3, -0.25) is 9.52 Å². The lowest BCUT2D eigenvalue weighted by Crippen LogP contribution is -2.14. The summed E-state index contributed by atoms with van der Waals surface area (Å²) >= 11 is 0. The number of rotatable bonds is 5. The minimum Gasteiger partial charge on any atom is -0.495 e. The van der Waals surface area contributed by atoms with E-state index in [9.17, 15) is 13.2 Å². The first-order valence-electron chi connectivity index (χ1n) is 6.87. The number of carbonyl (C=O) groups is 1. The van der Waals surface area contributed by atoms with E-state index in [1.165, 1.54) is 14.0 Å². The maximum absolute atomic E-state index is 12.5. The zero-order valence-electron chi connectivity index (χ0n) is 13.1. The summed E-state index contributed by atoms with van der Waals surface area (Å²) < 4.78 is 32.7. The van der Waals surface area contributed by atoms with Gasteiger partial charge in [-0.1, -0.05) is 6.07 Å². The van der Waals surface area contributed by atoms with E-state index in [-0.39, 0.29) is 16.6 Å². The molecular formula is C16H18N2O4S. The molecule has 2 N–H and O–H groups in total. The highest BCUT2D eigenvalue weighted by Crippen LogP contribution is 2.27. The van der Waals surface area contributed by atoms with Crippen LogP contribution in [0.4, 0.5) is 11.4 Å². The van der Waals surface area contributed by atoms with E-state index < -0.39 is 10.0 Å². The Morgan fingerprint density at radius 1 is 1.04 bits per heavy atom. The molecule has 2 aromatic rings. The molecule has 7 heteroatoms. The van der Waals surface area contributed by atoms with E-state index in [1.54, 1.807) is 49.4 Å². The number of nitrogens with one attached hydrogen (secondary N) is 2. The van der Waals surface area contributed by atoms with Gasteiger partial charge in [0.05, 0.1) is 7.11 Å². The summed E-state index contributed by atoms with van der Waals surface area (Å²) in [6.07, 6.45) is 0. The lowest BCUT2D eigenvalue weighted by atomic mass is 10.2. The fraction of sp³-hybridized carbons (Fsp3) is 0.188.